The molecule has 14 heavy (non-hydrogen) atoms. The zero-order valence-corrected chi connectivity index (χ0v) is 8.27. The van der Waals surface area contributed by atoms with E-state index >= 15 is 0 Å². The van der Waals surface area contributed by atoms with Gasteiger partial charge in [-0.1, -0.05) is 6.07 Å². The van der Waals surface area contributed by atoms with Crippen molar-refractivity contribution in [2.45, 2.75) is 11.6 Å². The number of rotatable bonds is 1. The lowest BCUT2D eigenvalue weighted by molar-refractivity contribution is 0.484. The minimum atomic E-state index is -3.20. The van der Waals surface area contributed by atoms with Gasteiger partial charge < -0.3 is 5.32 Å². The van der Waals surface area contributed by atoms with Gasteiger partial charge in [-0.05, 0) is 17.7 Å². The first-order valence-corrected chi connectivity index (χ1v) is 5.94. The fraction of sp³-hybridized carbons (Fsp3) is 0.333. The smallest absolute Gasteiger partial charge is 0.182 e. The predicted octanol–water partition coefficient (Wildman–Crippen LogP) is 1.36. The highest BCUT2D eigenvalue weighted by Gasteiger charge is 2.23. The van der Waals surface area contributed by atoms with Gasteiger partial charge in [-0.2, -0.15) is 0 Å². The van der Waals surface area contributed by atoms with Crippen molar-refractivity contribution >= 4 is 15.5 Å². The summed E-state index contributed by atoms with van der Waals surface area (Å²) in [6, 6.07) is 4.60. The van der Waals surface area contributed by atoms with Gasteiger partial charge in [0.2, 0.25) is 0 Å². The highest BCUT2D eigenvalue weighted by Crippen LogP contribution is 2.27. The van der Waals surface area contributed by atoms with Crippen LogP contribution in [0.1, 0.15) is 5.56 Å². The SMILES string of the molecule is O=S1(=O)CCNc2ccc(CF)cc21. The molecule has 0 amide bonds. The van der Waals surface area contributed by atoms with Gasteiger partial charge >= 0.3 is 0 Å². The summed E-state index contributed by atoms with van der Waals surface area (Å²) < 4.78 is 35.5. The van der Waals surface area contributed by atoms with E-state index in [4.69, 9.17) is 0 Å². The average Bonchev–Trinajstić information content (AvgIpc) is 2.17. The van der Waals surface area contributed by atoms with Gasteiger partial charge in [-0.25, -0.2) is 12.8 Å². The molecule has 0 aromatic heterocycles. The van der Waals surface area contributed by atoms with Crippen molar-refractivity contribution in [1.82, 2.24) is 0 Å². The molecule has 0 saturated heterocycles. The van der Waals surface area contributed by atoms with E-state index in [1.54, 1.807) is 12.1 Å². The Morgan fingerprint density at radius 3 is 2.93 bits per heavy atom. The molecular weight excluding hydrogens is 205 g/mol. The summed E-state index contributed by atoms with van der Waals surface area (Å²) in [7, 11) is -3.20. The van der Waals surface area contributed by atoms with Crippen molar-refractivity contribution in [3.05, 3.63) is 23.8 Å². The van der Waals surface area contributed by atoms with Crippen LogP contribution in [-0.4, -0.2) is 20.7 Å². The van der Waals surface area contributed by atoms with Crippen LogP contribution in [0.4, 0.5) is 10.1 Å². The number of hydrogen-bond donors (Lipinski definition) is 1. The average molecular weight is 215 g/mol. The van der Waals surface area contributed by atoms with E-state index in [1.807, 2.05) is 0 Å². The number of hydrogen-bond acceptors (Lipinski definition) is 3. The number of sulfone groups is 1. The van der Waals surface area contributed by atoms with Crippen LogP contribution in [0.25, 0.3) is 0 Å². The highest BCUT2D eigenvalue weighted by atomic mass is 32.2. The minimum Gasteiger partial charge on any atom is -0.383 e. The van der Waals surface area contributed by atoms with Crippen molar-refractivity contribution in [1.29, 1.82) is 0 Å². The van der Waals surface area contributed by atoms with Crippen LogP contribution in [0.5, 0.6) is 0 Å². The molecule has 1 aromatic rings. The minimum absolute atomic E-state index is 0.0791. The zero-order chi connectivity index (χ0) is 10.2. The van der Waals surface area contributed by atoms with Gasteiger partial charge in [0.05, 0.1) is 16.3 Å². The Bertz CT molecular complexity index is 456. The lowest BCUT2D eigenvalue weighted by Gasteiger charge is -2.18. The molecule has 0 atom stereocenters. The second-order valence-electron chi connectivity index (χ2n) is 3.21. The van der Waals surface area contributed by atoms with Gasteiger partial charge in [0.15, 0.2) is 9.84 Å². The fourth-order valence-corrected chi connectivity index (χ4v) is 2.88. The molecule has 1 N–H and O–H groups in total. The monoisotopic (exact) mass is 215 g/mol. The summed E-state index contributed by atoms with van der Waals surface area (Å²) in [5.74, 6) is 0.0791. The van der Waals surface area contributed by atoms with E-state index in [9.17, 15) is 12.8 Å². The molecule has 0 unspecified atom stereocenters. The lowest BCUT2D eigenvalue weighted by Crippen LogP contribution is -2.23. The summed E-state index contributed by atoms with van der Waals surface area (Å²) in [5, 5.41) is 2.97. The topological polar surface area (TPSA) is 46.2 Å². The molecule has 2 rings (SSSR count). The van der Waals surface area contributed by atoms with E-state index in [-0.39, 0.29) is 10.6 Å². The molecule has 0 radical (unpaired) electrons. The number of halogens is 1. The van der Waals surface area contributed by atoms with Crippen LogP contribution < -0.4 is 5.32 Å². The summed E-state index contributed by atoms with van der Waals surface area (Å²) in [6.45, 7) is -0.215. The number of fused-ring (bicyclic) bond motifs is 1. The first kappa shape index (κ1) is 9.45. The Labute approximate surface area is 81.9 Å². The Morgan fingerprint density at radius 2 is 2.21 bits per heavy atom. The van der Waals surface area contributed by atoms with Gasteiger partial charge in [0.25, 0.3) is 0 Å². The summed E-state index contributed by atoms with van der Waals surface area (Å²) in [4.78, 5) is 0.221. The van der Waals surface area contributed by atoms with Crippen LogP contribution in [0.2, 0.25) is 0 Å². The van der Waals surface area contributed by atoms with E-state index in [1.165, 1.54) is 6.07 Å². The maximum Gasteiger partial charge on any atom is 0.182 e. The lowest BCUT2D eigenvalue weighted by atomic mass is 10.2. The van der Waals surface area contributed by atoms with Crippen molar-refractivity contribution in [2.75, 3.05) is 17.6 Å². The van der Waals surface area contributed by atoms with Gasteiger partial charge in [-0.15, -0.1) is 0 Å². The Morgan fingerprint density at radius 1 is 1.43 bits per heavy atom. The van der Waals surface area contributed by atoms with Gasteiger partial charge in [0.1, 0.15) is 6.67 Å². The highest BCUT2D eigenvalue weighted by molar-refractivity contribution is 7.91. The van der Waals surface area contributed by atoms with E-state index in [2.05, 4.69) is 5.32 Å². The third kappa shape index (κ3) is 1.48. The summed E-state index contributed by atoms with van der Waals surface area (Å²) in [5.41, 5.74) is 0.976. The standard InChI is InChI=1S/C9H10FNO2S/c10-6-7-1-2-8-9(5-7)14(12,13)4-3-11-8/h1-2,5,11H,3-4,6H2. The maximum atomic E-state index is 12.3. The molecule has 5 heteroatoms. The molecule has 1 aliphatic rings. The first-order chi connectivity index (χ1) is 6.63. The van der Waals surface area contributed by atoms with Crippen LogP contribution in [0, 0.1) is 0 Å². The van der Waals surface area contributed by atoms with Crippen molar-refractivity contribution < 1.29 is 12.8 Å². The number of nitrogens with one attached hydrogen (secondary N) is 1. The molecular formula is C9H10FNO2S. The Kier molecular flexibility index (Phi) is 2.19. The van der Waals surface area contributed by atoms with Crippen molar-refractivity contribution in [2.24, 2.45) is 0 Å². The van der Waals surface area contributed by atoms with Gasteiger partial charge in [-0.3, -0.25) is 0 Å². The predicted molar refractivity (Wildman–Crippen MR) is 51.8 cm³/mol. The van der Waals surface area contributed by atoms with E-state index in [0.29, 0.717) is 17.8 Å². The number of anilines is 1. The molecule has 3 nitrogen and oxygen atoms in total. The molecule has 0 aliphatic carbocycles. The Hall–Kier alpha value is -1.10. The van der Waals surface area contributed by atoms with E-state index in [0.717, 1.165) is 0 Å². The summed E-state index contributed by atoms with van der Waals surface area (Å²) in [6.07, 6.45) is 0. The molecule has 0 fully saturated rings. The molecule has 0 bridgehead atoms. The number of alkyl halides is 1. The van der Waals surface area contributed by atoms with Crippen molar-refractivity contribution in [3.8, 4) is 0 Å². The number of benzene rings is 1. The van der Waals surface area contributed by atoms with Crippen LogP contribution in [-0.2, 0) is 16.5 Å². The maximum absolute atomic E-state index is 12.3. The molecule has 0 saturated carbocycles. The molecule has 1 aromatic carbocycles. The van der Waals surface area contributed by atoms with Crippen LogP contribution in [0.15, 0.2) is 23.1 Å². The van der Waals surface area contributed by atoms with E-state index < -0.39 is 16.5 Å². The summed E-state index contributed by atoms with van der Waals surface area (Å²) >= 11 is 0. The van der Waals surface area contributed by atoms with Crippen LogP contribution in [0.3, 0.4) is 0 Å². The van der Waals surface area contributed by atoms with Gasteiger partial charge in [0, 0.05) is 6.54 Å². The second kappa shape index (κ2) is 3.24. The third-order valence-corrected chi connectivity index (χ3v) is 3.97. The molecule has 1 heterocycles. The molecule has 0 spiro atoms. The zero-order valence-electron chi connectivity index (χ0n) is 7.46. The molecule has 76 valence electrons. The first-order valence-electron chi connectivity index (χ1n) is 4.29. The van der Waals surface area contributed by atoms with Crippen LogP contribution >= 0.6 is 0 Å². The Balaban J connectivity index is 2.61. The second-order valence-corrected chi connectivity index (χ2v) is 5.29. The fourth-order valence-electron chi connectivity index (χ4n) is 1.48. The quantitative estimate of drug-likeness (QED) is 0.769. The third-order valence-electron chi connectivity index (χ3n) is 2.22. The normalized spacial score (nSPS) is 18.4. The largest absolute Gasteiger partial charge is 0.383 e. The molecule has 1 aliphatic heterocycles. The van der Waals surface area contributed by atoms with Crippen molar-refractivity contribution in [3.63, 3.8) is 0 Å².